The monoisotopic (exact) mass is 418 g/mol. The second-order valence-electron chi connectivity index (χ2n) is 7.21. The molecular weight excluding hydrogens is 397 g/mol. The topological polar surface area (TPSA) is 82.1 Å². The lowest BCUT2D eigenvalue weighted by Crippen LogP contribution is -2.42. The van der Waals surface area contributed by atoms with E-state index in [4.69, 9.17) is 5.73 Å². The highest BCUT2D eigenvalue weighted by atomic mass is 19.4. The van der Waals surface area contributed by atoms with E-state index in [1.807, 2.05) is 12.1 Å². The Morgan fingerprint density at radius 2 is 1.83 bits per heavy atom. The van der Waals surface area contributed by atoms with E-state index in [-0.39, 0.29) is 11.8 Å². The molecule has 2 aromatic heterocycles. The third kappa shape index (κ3) is 4.77. The molecule has 1 aromatic carbocycles. The van der Waals surface area contributed by atoms with Crippen molar-refractivity contribution in [2.24, 2.45) is 5.73 Å². The minimum Gasteiger partial charge on any atom is -0.406 e. The number of rotatable bonds is 5. The number of ether oxygens (including phenoxy) is 1. The van der Waals surface area contributed by atoms with Crippen molar-refractivity contribution in [1.82, 2.24) is 24.9 Å². The third-order valence-corrected chi connectivity index (χ3v) is 4.92. The summed E-state index contributed by atoms with van der Waals surface area (Å²) in [4.78, 5) is 6.30. The molecule has 3 aromatic rings. The average molecular weight is 418 g/mol. The van der Waals surface area contributed by atoms with Crippen molar-refractivity contribution in [3.05, 3.63) is 54.5 Å². The molecule has 7 nitrogen and oxygen atoms in total. The quantitative estimate of drug-likeness (QED) is 0.686. The zero-order valence-corrected chi connectivity index (χ0v) is 16.1. The van der Waals surface area contributed by atoms with Gasteiger partial charge in [-0.15, -0.1) is 18.3 Å². The number of halogens is 3. The highest BCUT2D eigenvalue weighted by molar-refractivity contribution is 5.63. The van der Waals surface area contributed by atoms with Crippen LogP contribution >= 0.6 is 0 Å². The molecule has 0 amide bonds. The largest absolute Gasteiger partial charge is 0.573 e. The molecule has 1 aliphatic rings. The summed E-state index contributed by atoms with van der Waals surface area (Å²) in [5, 5.41) is 8.65. The summed E-state index contributed by atoms with van der Waals surface area (Å²) in [5.41, 5.74) is 9.07. The lowest BCUT2D eigenvalue weighted by Gasteiger charge is -2.30. The number of benzene rings is 1. The van der Waals surface area contributed by atoms with E-state index in [0.29, 0.717) is 12.2 Å². The first-order valence-corrected chi connectivity index (χ1v) is 9.58. The van der Waals surface area contributed by atoms with Gasteiger partial charge < -0.3 is 10.5 Å². The summed E-state index contributed by atoms with van der Waals surface area (Å²) in [6.07, 6.45) is 0.647. The van der Waals surface area contributed by atoms with Crippen molar-refractivity contribution in [3.63, 3.8) is 0 Å². The predicted molar refractivity (Wildman–Crippen MR) is 104 cm³/mol. The first-order chi connectivity index (χ1) is 14.4. The summed E-state index contributed by atoms with van der Waals surface area (Å²) in [6.45, 7) is 2.30. The van der Waals surface area contributed by atoms with Gasteiger partial charge in [-0.3, -0.25) is 9.88 Å². The fraction of sp³-hybridized carbons (Fsp3) is 0.350. The smallest absolute Gasteiger partial charge is 0.406 e. The normalized spacial score (nSPS) is 17.8. The molecule has 0 spiro atoms. The van der Waals surface area contributed by atoms with E-state index in [1.165, 1.54) is 24.3 Å². The van der Waals surface area contributed by atoms with E-state index in [2.05, 4.69) is 24.9 Å². The van der Waals surface area contributed by atoms with Crippen LogP contribution < -0.4 is 10.5 Å². The SMILES string of the molecule is NC1CCCN(Cc2nnn(-c3ccc(OC(F)(F)F)cc3)c2-c2ccncc2)C1. The van der Waals surface area contributed by atoms with Crippen molar-refractivity contribution >= 4 is 0 Å². The number of likely N-dealkylation sites (tertiary alicyclic amines) is 1. The molecule has 0 bridgehead atoms. The molecule has 0 aliphatic carbocycles. The number of aromatic nitrogens is 4. The molecule has 1 atom stereocenters. The second kappa shape index (κ2) is 8.41. The van der Waals surface area contributed by atoms with E-state index < -0.39 is 6.36 Å². The number of alkyl halides is 3. The summed E-state index contributed by atoms with van der Waals surface area (Å²) in [7, 11) is 0. The number of hydrogen-bond acceptors (Lipinski definition) is 6. The van der Waals surface area contributed by atoms with Crippen molar-refractivity contribution in [1.29, 1.82) is 0 Å². The zero-order valence-electron chi connectivity index (χ0n) is 16.1. The number of piperidine rings is 1. The predicted octanol–water partition coefficient (Wildman–Crippen LogP) is 3.15. The molecule has 1 fully saturated rings. The van der Waals surface area contributed by atoms with Gasteiger partial charge in [0.2, 0.25) is 0 Å². The summed E-state index contributed by atoms with van der Waals surface area (Å²) >= 11 is 0. The Balaban J connectivity index is 1.67. The maximum atomic E-state index is 12.4. The highest BCUT2D eigenvalue weighted by Gasteiger charge is 2.31. The zero-order chi connectivity index (χ0) is 21.1. The van der Waals surface area contributed by atoms with Gasteiger partial charge in [-0.05, 0) is 55.8 Å². The van der Waals surface area contributed by atoms with Gasteiger partial charge in [0.05, 0.1) is 11.4 Å². The van der Waals surface area contributed by atoms with Gasteiger partial charge in [0.25, 0.3) is 0 Å². The Morgan fingerprint density at radius 3 is 2.50 bits per heavy atom. The standard InChI is InChI=1S/C20H21F3N6O/c21-20(22,23)30-17-5-3-16(4-6-17)29-19(14-7-9-25-10-8-14)18(26-27-29)13-28-11-1-2-15(24)12-28/h3-10,15H,1-2,11-13,24H2. The van der Waals surface area contributed by atoms with E-state index >= 15 is 0 Å². The van der Waals surface area contributed by atoms with Gasteiger partial charge in [0.1, 0.15) is 11.4 Å². The van der Waals surface area contributed by atoms with Gasteiger partial charge in [0, 0.05) is 37.1 Å². The van der Waals surface area contributed by atoms with Crippen LogP contribution in [0.1, 0.15) is 18.5 Å². The Labute approximate surface area is 171 Å². The molecule has 158 valence electrons. The second-order valence-corrected chi connectivity index (χ2v) is 7.21. The van der Waals surface area contributed by atoms with Crippen LogP contribution in [-0.2, 0) is 6.54 Å². The fourth-order valence-corrected chi connectivity index (χ4v) is 3.63. The Morgan fingerprint density at radius 1 is 1.10 bits per heavy atom. The van der Waals surface area contributed by atoms with Crippen molar-refractivity contribution in [3.8, 4) is 22.7 Å². The van der Waals surface area contributed by atoms with Crippen molar-refractivity contribution in [2.45, 2.75) is 31.8 Å². The Kier molecular flexibility index (Phi) is 5.69. The molecule has 2 N–H and O–H groups in total. The molecule has 4 rings (SSSR count). The van der Waals surface area contributed by atoms with Crippen LogP contribution in [0.25, 0.3) is 16.9 Å². The molecule has 1 saturated heterocycles. The number of hydrogen-bond donors (Lipinski definition) is 1. The summed E-state index contributed by atoms with van der Waals surface area (Å²) in [6, 6.07) is 9.37. The van der Waals surface area contributed by atoms with Crippen LogP contribution in [-0.4, -0.2) is 50.4 Å². The molecule has 1 aliphatic heterocycles. The lowest BCUT2D eigenvalue weighted by molar-refractivity contribution is -0.274. The summed E-state index contributed by atoms with van der Waals surface area (Å²) < 4.78 is 42.9. The lowest BCUT2D eigenvalue weighted by atomic mass is 10.1. The molecule has 0 saturated carbocycles. The van der Waals surface area contributed by atoms with Gasteiger partial charge in [0.15, 0.2) is 0 Å². The van der Waals surface area contributed by atoms with Crippen molar-refractivity contribution in [2.75, 3.05) is 13.1 Å². The van der Waals surface area contributed by atoms with Crippen LogP contribution in [0.2, 0.25) is 0 Å². The van der Waals surface area contributed by atoms with E-state index in [0.717, 1.165) is 42.9 Å². The first-order valence-electron chi connectivity index (χ1n) is 9.58. The van der Waals surface area contributed by atoms with Crippen LogP contribution in [0, 0.1) is 0 Å². The van der Waals surface area contributed by atoms with E-state index in [9.17, 15) is 13.2 Å². The van der Waals surface area contributed by atoms with Gasteiger partial charge in [-0.25, -0.2) is 4.68 Å². The average Bonchev–Trinajstić information content (AvgIpc) is 3.11. The first kappa shape index (κ1) is 20.3. The number of nitrogens with zero attached hydrogens (tertiary/aromatic N) is 5. The molecule has 3 heterocycles. The Hall–Kier alpha value is -2.98. The van der Waals surface area contributed by atoms with Crippen LogP contribution in [0.4, 0.5) is 13.2 Å². The molecule has 0 radical (unpaired) electrons. The summed E-state index contributed by atoms with van der Waals surface area (Å²) in [5.74, 6) is -0.292. The Bertz CT molecular complexity index is 974. The van der Waals surface area contributed by atoms with Gasteiger partial charge >= 0.3 is 6.36 Å². The van der Waals surface area contributed by atoms with Crippen molar-refractivity contribution < 1.29 is 17.9 Å². The minimum absolute atomic E-state index is 0.138. The maximum absolute atomic E-state index is 12.4. The van der Waals surface area contributed by atoms with Crippen LogP contribution in [0.15, 0.2) is 48.8 Å². The minimum atomic E-state index is -4.74. The molecule has 1 unspecified atom stereocenters. The number of pyridine rings is 1. The van der Waals surface area contributed by atoms with E-state index in [1.54, 1.807) is 17.1 Å². The fourth-order valence-electron chi connectivity index (χ4n) is 3.63. The third-order valence-electron chi connectivity index (χ3n) is 4.92. The number of nitrogens with two attached hydrogens (primary N) is 1. The van der Waals surface area contributed by atoms with Gasteiger partial charge in [-0.1, -0.05) is 5.21 Å². The molecular formula is C20H21F3N6O. The van der Waals surface area contributed by atoms with Gasteiger partial charge in [-0.2, -0.15) is 0 Å². The molecule has 10 heteroatoms. The van der Waals surface area contributed by atoms with Crippen LogP contribution in [0.3, 0.4) is 0 Å². The molecule has 30 heavy (non-hydrogen) atoms. The maximum Gasteiger partial charge on any atom is 0.573 e. The highest BCUT2D eigenvalue weighted by Crippen LogP contribution is 2.28. The van der Waals surface area contributed by atoms with Crippen LogP contribution in [0.5, 0.6) is 5.75 Å².